The summed E-state index contributed by atoms with van der Waals surface area (Å²) in [4.78, 5) is 0. The smallest absolute Gasteiger partial charge is 0.374 e. The first kappa shape index (κ1) is 33.0. The van der Waals surface area contributed by atoms with Crippen molar-refractivity contribution in [3.8, 4) is 0 Å². The van der Waals surface area contributed by atoms with Crippen molar-refractivity contribution >= 4 is 0 Å². The largest absolute Gasteiger partial charge is 0.460 e. The van der Waals surface area contributed by atoms with Crippen LogP contribution in [0.2, 0.25) is 0 Å². The fraction of sp³-hybridized carbons (Fsp3) is 0.684. The van der Waals surface area contributed by atoms with E-state index in [1.807, 2.05) is 0 Å². The van der Waals surface area contributed by atoms with Crippen molar-refractivity contribution in [3.63, 3.8) is 0 Å². The molecule has 18 heteroatoms. The Kier molecular flexibility index (Phi) is 8.06. The maximum absolute atomic E-state index is 14.4. The van der Waals surface area contributed by atoms with Gasteiger partial charge in [-0.05, 0) is 19.4 Å². The molecular formula is C19H15F17O. The monoisotopic (exact) mass is 582 g/mol. The zero-order chi connectivity index (χ0) is 29.9. The first-order valence-electron chi connectivity index (χ1n) is 9.35. The second-order valence-corrected chi connectivity index (χ2v) is 8.13. The van der Waals surface area contributed by atoms with Gasteiger partial charge in [-0.25, -0.2) is 0 Å². The first-order valence-corrected chi connectivity index (χ1v) is 9.35. The summed E-state index contributed by atoms with van der Waals surface area (Å²) in [6.45, 7) is 1.97. The molecular weight excluding hydrogens is 567 g/mol. The van der Waals surface area contributed by atoms with Gasteiger partial charge < -0.3 is 4.74 Å². The van der Waals surface area contributed by atoms with E-state index in [4.69, 9.17) is 0 Å². The normalized spacial score (nSPS) is 17.1. The van der Waals surface area contributed by atoms with Crippen LogP contribution >= 0.6 is 0 Å². The molecule has 37 heavy (non-hydrogen) atoms. The summed E-state index contributed by atoms with van der Waals surface area (Å²) in [7, 11) is 0.550. The highest BCUT2D eigenvalue weighted by molar-refractivity contribution is 5.27. The van der Waals surface area contributed by atoms with Crippen LogP contribution in [0.3, 0.4) is 0 Å². The molecule has 0 aliphatic carbocycles. The van der Waals surface area contributed by atoms with Gasteiger partial charge in [0.25, 0.3) is 0 Å². The summed E-state index contributed by atoms with van der Waals surface area (Å²) in [5, 5.41) is 0. The van der Waals surface area contributed by atoms with Gasteiger partial charge in [0.2, 0.25) is 0 Å². The fourth-order valence-corrected chi connectivity index (χ4v) is 2.93. The number of alkyl halides is 17. The van der Waals surface area contributed by atoms with Crippen LogP contribution in [0.25, 0.3) is 0 Å². The number of methoxy groups -OCH3 is 1. The topological polar surface area (TPSA) is 9.23 Å². The van der Waals surface area contributed by atoms with Gasteiger partial charge in [-0.15, -0.1) is 0 Å². The standard InChI is InChI=1S/C19H15F17O/c1-9-4-6-10(7-5-9)11(2,37-3)8-12(20,21)13(22,23)14(24,25)15(26,27)16(28,29)17(30,31)18(32,33)19(34,35)36/h4-7H,8H2,1-3H3. The number of hydrogen-bond acceptors (Lipinski definition) is 1. The Morgan fingerprint density at radius 1 is 0.541 bits per heavy atom. The van der Waals surface area contributed by atoms with Gasteiger partial charge in [-0.2, -0.15) is 74.6 Å². The summed E-state index contributed by atoms with van der Waals surface area (Å²) in [6.07, 6.45) is -10.5. The summed E-state index contributed by atoms with van der Waals surface area (Å²) in [6, 6.07) is 4.17. The molecule has 0 bridgehead atoms. The van der Waals surface area contributed by atoms with E-state index >= 15 is 0 Å². The Morgan fingerprint density at radius 2 is 0.865 bits per heavy atom. The zero-order valence-electron chi connectivity index (χ0n) is 18.4. The Morgan fingerprint density at radius 3 is 1.19 bits per heavy atom. The van der Waals surface area contributed by atoms with Crippen LogP contribution in [0.4, 0.5) is 74.6 Å². The van der Waals surface area contributed by atoms with E-state index in [1.54, 1.807) is 0 Å². The quantitative estimate of drug-likeness (QED) is 0.253. The van der Waals surface area contributed by atoms with Crippen molar-refractivity contribution in [1.82, 2.24) is 0 Å². The van der Waals surface area contributed by atoms with Crippen molar-refractivity contribution in [2.75, 3.05) is 7.11 Å². The fourth-order valence-electron chi connectivity index (χ4n) is 2.93. The molecule has 1 aromatic rings. The van der Waals surface area contributed by atoms with Crippen LogP contribution in [0.1, 0.15) is 24.5 Å². The number of ether oxygens (including phenoxy) is 1. The van der Waals surface area contributed by atoms with Crippen LogP contribution in [-0.4, -0.2) is 54.7 Å². The van der Waals surface area contributed by atoms with Crippen molar-refractivity contribution in [3.05, 3.63) is 35.4 Å². The molecule has 0 saturated heterocycles. The number of halogens is 17. The van der Waals surface area contributed by atoms with Crippen molar-refractivity contribution in [2.45, 2.75) is 73.5 Å². The molecule has 0 saturated carbocycles. The third-order valence-corrected chi connectivity index (χ3v) is 5.46. The van der Waals surface area contributed by atoms with Gasteiger partial charge in [0.15, 0.2) is 0 Å². The van der Waals surface area contributed by atoms with E-state index in [1.165, 1.54) is 6.92 Å². The minimum absolute atomic E-state index is 0.435. The second kappa shape index (κ2) is 9.03. The van der Waals surface area contributed by atoms with Crippen molar-refractivity contribution in [1.29, 1.82) is 0 Å². The van der Waals surface area contributed by atoms with E-state index < -0.39 is 65.2 Å². The number of benzene rings is 1. The Labute approximate surface area is 196 Å². The lowest BCUT2D eigenvalue weighted by Crippen LogP contribution is -2.74. The Bertz CT molecular complexity index is 948. The average Bonchev–Trinajstić information content (AvgIpc) is 2.72. The van der Waals surface area contributed by atoms with E-state index in [9.17, 15) is 74.6 Å². The average molecular weight is 582 g/mol. The highest BCUT2D eigenvalue weighted by Gasteiger charge is 2.95. The lowest BCUT2D eigenvalue weighted by molar-refractivity contribution is -0.462. The summed E-state index contributed by atoms with van der Waals surface area (Å²) >= 11 is 0. The van der Waals surface area contributed by atoms with Gasteiger partial charge in [-0.1, -0.05) is 29.8 Å². The first-order chi connectivity index (χ1) is 16.0. The molecule has 216 valence electrons. The van der Waals surface area contributed by atoms with Gasteiger partial charge in [-0.3, -0.25) is 0 Å². The van der Waals surface area contributed by atoms with Crippen LogP contribution in [0.5, 0.6) is 0 Å². The van der Waals surface area contributed by atoms with Crippen LogP contribution in [0, 0.1) is 6.92 Å². The van der Waals surface area contributed by atoms with Crippen LogP contribution < -0.4 is 0 Å². The van der Waals surface area contributed by atoms with Crippen LogP contribution in [0.15, 0.2) is 24.3 Å². The highest BCUT2D eigenvalue weighted by atomic mass is 19.4. The maximum Gasteiger partial charge on any atom is 0.460 e. The minimum atomic E-state index is -8.65. The lowest BCUT2D eigenvalue weighted by atomic mass is 9.83. The summed E-state index contributed by atoms with van der Waals surface area (Å²) in [5.41, 5.74) is -2.81. The molecule has 1 atom stereocenters. The van der Waals surface area contributed by atoms with Gasteiger partial charge in [0.1, 0.15) is 0 Å². The van der Waals surface area contributed by atoms with Crippen LogP contribution in [-0.2, 0) is 10.3 Å². The molecule has 0 aromatic heterocycles. The molecule has 1 unspecified atom stereocenters. The summed E-state index contributed by atoms with van der Waals surface area (Å²) < 4.78 is 233. The van der Waals surface area contributed by atoms with E-state index in [2.05, 4.69) is 4.74 Å². The molecule has 0 spiro atoms. The number of aryl methyl sites for hydroxylation is 1. The Balaban J connectivity index is 3.65. The molecule has 0 fully saturated rings. The van der Waals surface area contributed by atoms with E-state index in [0.717, 1.165) is 24.3 Å². The molecule has 0 amide bonds. The third-order valence-electron chi connectivity index (χ3n) is 5.46. The number of rotatable bonds is 10. The summed E-state index contributed by atoms with van der Waals surface area (Å²) in [5.74, 6) is -56.6. The Hall–Kier alpha value is -2.01. The maximum atomic E-state index is 14.4. The van der Waals surface area contributed by atoms with Gasteiger partial charge >= 0.3 is 47.6 Å². The molecule has 0 aliphatic heterocycles. The van der Waals surface area contributed by atoms with Gasteiger partial charge in [0.05, 0.1) is 12.0 Å². The molecule has 1 aromatic carbocycles. The molecule has 1 nitrogen and oxygen atoms in total. The second-order valence-electron chi connectivity index (χ2n) is 8.13. The molecule has 0 aliphatic rings. The highest BCUT2D eigenvalue weighted by Crippen LogP contribution is 2.64. The molecule has 1 rings (SSSR count). The van der Waals surface area contributed by atoms with E-state index in [-0.39, 0.29) is 0 Å². The van der Waals surface area contributed by atoms with Gasteiger partial charge in [0, 0.05) is 7.11 Å². The lowest BCUT2D eigenvalue weighted by Gasteiger charge is -2.44. The molecule has 0 radical (unpaired) electrons. The third kappa shape index (κ3) is 4.70. The van der Waals surface area contributed by atoms with E-state index in [0.29, 0.717) is 19.6 Å². The predicted octanol–water partition coefficient (Wildman–Crippen LogP) is 8.26. The number of hydrogen-bond donors (Lipinski definition) is 0. The van der Waals surface area contributed by atoms with Crippen molar-refractivity contribution < 1.29 is 79.4 Å². The zero-order valence-corrected chi connectivity index (χ0v) is 18.4. The molecule has 0 heterocycles. The SMILES string of the molecule is COC(C)(CC(F)(F)C(F)(F)C(F)(F)C(F)(F)C(F)(F)C(F)(F)C(F)(F)C(F)(F)F)c1ccc(C)cc1. The molecule has 0 N–H and O–H groups in total. The predicted molar refractivity (Wildman–Crippen MR) is 90.8 cm³/mol. The van der Waals surface area contributed by atoms with Crippen molar-refractivity contribution in [2.24, 2.45) is 0 Å². The minimum Gasteiger partial charge on any atom is -0.374 e.